The summed E-state index contributed by atoms with van der Waals surface area (Å²) in [5, 5.41) is 3.67. The molecule has 3 aromatic rings. The zero-order chi connectivity index (χ0) is 24.7. The standard InChI is InChI=1S/C25H19Cl4FN2O2/c1-32(18-6-3-2-4-7-18)23(34)19-8-5-9-20(21(19)30)31-13-24(14-33)22(25(24,28)29)15-10-16(26)12-17(27)11-15/h2-12,14,22,31H,13H2,1H3. The maximum Gasteiger partial charge on any atom is 0.261 e. The number of alkyl halides is 2. The van der Waals surface area contributed by atoms with Gasteiger partial charge in [-0.2, -0.15) is 0 Å². The highest BCUT2D eigenvalue weighted by atomic mass is 35.5. The molecule has 3 aromatic carbocycles. The molecule has 1 N–H and O–H groups in total. The molecule has 0 saturated heterocycles. The van der Waals surface area contributed by atoms with Crippen molar-refractivity contribution in [1.29, 1.82) is 0 Å². The first kappa shape index (κ1) is 24.8. The number of amides is 1. The molecule has 2 unspecified atom stereocenters. The van der Waals surface area contributed by atoms with Crippen LogP contribution in [0.3, 0.4) is 0 Å². The molecule has 0 aromatic heterocycles. The van der Waals surface area contributed by atoms with Crippen molar-refractivity contribution in [3.8, 4) is 0 Å². The van der Waals surface area contributed by atoms with E-state index in [1.807, 2.05) is 6.07 Å². The minimum absolute atomic E-state index is 0.0486. The van der Waals surface area contributed by atoms with Crippen LogP contribution in [0.15, 0.2) is 66.7 Å². The lowest BCUT2D eigenvalue weighted by Crippen LogP contribution is -2.28. The van der Waals surface area contributed by atoms with Crippen LogP contribution in [0.5, 0.6) is 0 Å². The Balaban J connectivity index is 1.58. The molecule has 34 heavy (non-hydrogen) atoms. The average Bonchev–Trinajstić information content (AvgIpc) is 3.32. The molecular formula is C25H19Cl4FN2O2. The Hall–Kier alpha value is -2.31. The summed E-state index contributed by atoms with van der Waals surface area (Å²) in [7, 11) is 1.57. The zero-order valence-corrected chi connectivity index (χ0v) is 20.9. The topological polar surface area (TPSA) is 49.4 Å². The Kier molecular flexibility index (Phi) is 6.85. The number of nitrogens with one attached hydrogen (secondary N) is 1. The maximum absolute atomic E-state index is 15.3. The monoisotopic (exact) mass is 538 g/mol. The molecule has 0 heterocycles. The highest BCUT2D eigenvalue weighted by Gasteiger charge is 2.76. The first-order valence-electron chi connectivity index (χ1n) is 10.3. The molecule has 4 rings (SSSR count). The van der Waals surface area contributed by atoms with Crippen molar-refractivity contribution in [3.63, 3.8) is 0 Å². The van der Waals surface area contributed by atoms with Crippen LogP contribution in [0.4, 0.5) is 15.8 Å². The number of para-hydroxylation sites is 1. The summed E-state index contributed by atoms with van der Waals surface area (Å²) in [5.41, 5.74) is -0.0938. The number of carbonyl (C=O) groups excluding carboxylic acids is 2. The van der Waals surface area contributed by atoms with Crippen LogP contribution in [0.2, 0.25) is 10.0 Å². The molecule has 1 aliphatic rings. The summed E-state index contributed by atoms with van der Waals surface area (Å²) < 4.78 is 13.9. The summed E-state index contributed by atoms with van der Waals surface area (Å²) in [5.74, 6) is -1.87. The summed E-state index contributed by atoms with van der Waals surface area (Å²) in [6.45, 7) is -0.0681. The van der Waals surface area contributed by atoms with Crippen LogP contribution >= 0.6 is 46.4 Å². The molecular weight excluding hydrogens is 521 g/mol. The van der Waals surface area contributed by atoms with Crippen LogP contribution < -0.4 is 10.2 Å². The minimum atomic E-state index is -1.45. The van der Waals surface area contributed by atoms with Crippen LogP contribution in [0.1, 0.15) is 21.8 Å². The summed E-state index contributed by atoms with van der Waals surface area (Å²) >= 11 is 25.2. The number of carbonyl (C=O) groups is 2. The van der Waals surface area contributed by atoms with E-state index in [4.69, 9.17) is 46.4 Å². The molecule has 0 bridgehead atoms. The Morgan fingerprint density at radius 3 is 2.32 bits per heavy atom. The lowest BCUT2D eigenvalue weighted by Gasteiger charge is -2.19. The molecule has 176 valence electrons. The molecule has 0 aliphatic heterocycles. The van der Waals surface area contributed by atoms with Gasteiger partial charge in [0.1, 0.15) is 10.6 Å². The van der Waals surface area contributed by atoms with Gasteiger partial charge in [-0.1, -0.05) is 70.7 Å². The Bertz CT molecular complexity index is 1230. The van der Waals surface area contributed by atoms with Gasteiger partial charge in [0.05, 0.1) is 16.7 Å². The second-order valence-electron chi connectivity index (χ2n) is 8.14. The Morgan fingerprint density at radius 2 is 1.71 bits per heavy atom. The van der Waals surface area contributed by atoms with Crippen molar-refractivity contribution in [2.24, 2.45) is 5.41 Å². The van der Waals surface area contributed by atoms with E-state index in [0.717, 1.165) is 0 Å². The first-order chi connectivity index (χ1) is 16.1. The number of hydrogen-bond acceptors (Lipinski definition) is 3. The maximum atomic E-state index is 15.3. The predicted octanol–water partition coefficient (Wildman–Crippen LogP) is 6.98. The van der Waals surface area contributed by atoms with E-state index in [2.05, 4.69) is 5.32 Å². The largest absolute Gasteiger partial charge is 0.382 e. The molecule has 1 fully saturated rings. The zero-order valence-electron chi connectivity index (χ0n) is 17.9. The normalized spacial score (nSPS) is 20.5. The van der Waals surface area contributed by atoms with E-state index in [1.54, 1.807) is 55.6 Å². The van der Waals surface area contributed by atoms with Gasteiger partial charge in [-0.15, -0.1) is 0 Å². The molecule has 1 aliphatic carbocycles. The number of hydrogen-bond donors (Lipinski definition) is 1. The fraction of sp³-hybridized carbons (Fsp3) is 0.200. The van der Waals surface area contributed by atoms with Gasteiger partial charge in [0.15, 0.2) is 5.82 Å². The van der Waals surface area contributed by atoms with Crippen molar-refractivity contribution in [1.82, 2.24) is 0 Å². The summed E-state index contributed by atoms with van der Waals surface area (Å²) in [6.07, 6.45) is 0.662. The molecule has 1 saturated carbocycles. The highest BCUT2D eigenvalue weighted by molar-refractivity contribution is 6.54. The molecule has 1 amide bonds. The third kappa shape index (κ3) is 4.27. The number of nitrogens with zero attached hydrogens (tertiary/aromatic N) is 1. The van der Waals surface area contributed by atoms with Gasteiger partial charge in [0, 0.05) is 35.2 Å². The average molecular weight is 540 g/mol. The van der Waals surface area contributed by atoms with Gasteiger partial charge in [-0.3, -0.25) is 4.79 Å². The number of anilines is 2. The quantitative estimate of drug-likeness (QED) is 0.260. The van der Waals surface area contributed by atoms with Gasteiger partial charge in [0.25, 0.3) is 5.91 Å². The SMILES string of the molecule is CN(C(=O)c1cccc(NCC2(C=O)C(c3cc(Cl)cc(Cl)c3)C2(Cl)Cl)c1F)c1ccccc1. The fourth-order valence-corrected chi connectivity index (χ4v) is 5.67. The van der Waals surface area contributed by atoms with E-state index in [9.17, 15) is 9.59 Å². The predicted molar refractivity (Wildman–Crippen MR) is 136 cm³/mol. The molecule has 9 heteroatoms. The molecule has 0 spiro atoms. The third-order valence-corrected chi connectivity index (χ3v) is 7.67. The second kappa shape index (κ2) is 9.38. The second-order valence-corrected chi connectivity index (χ2v) is 10.4. The molecule has 0 radical (unpaired) electrons. The first-order valence-corrected chi connectivity index (χ1v) is 11.8. The van der Waals surface area contributed by atoms with Crippen LogP contribution in [-0.4, -0.2) is 30.1 Å². The summed E-state index contributed by atoms with van der Waals surface area (Å²) in [4.78, 5) is 26.4. The highest BCUT2D eigenvalue weighted by Crippen LogP contribution is 2.73. The lowest BCUT2D eigenvalue weighted by molar-refractivity contribution is -0.112. The Morgan fingerprint density at radius 1 is 1.06 bits per heavy atom. The summed E-state index contributed by atoms with van der Waals surface area (Å²) in [6, 6.07) is 18.2. The third-order valence-electron chi connectivity index (χ3n) is 6.09. The van der Waals surface area contributed by atoms with E-state index >= 15 is 4.39 Å². The molecule has 2 atom stereocenters. The fourth-order valence-electron chi connectivity index (χ4n) is 4.16. The van der Waals surface area contributed by atoms with Crippen molar-refractivity contribution in [3.05, 3.63) is 93.7 Å². The van der Waals surface area contributed by atoms with Crippen molar-refractivity contribution < 1.29 is 14.0 Å². The van der Waals surface area contributed by atoms with Crippen LogP contribution in [0.25, 0.3) is 0 Å². The van der Waals surface area contributed by atoms with Crippen molar-refractivity contribution in [2.75, 3.05) is 23.8 Å². The minimum Gasteiger partial charge on any atom is -0.382 e. The van der Waals surface area contributed by atoms with E-state index in [1.165, 1.54) is 17.0 Å². The smallest absolute Gasteiger partial charge is 0.261 e. The number of halogens is 5. The van der Waals surface area contributed by atoms with Crippen LogP contribution in [0, 0.1) is 11.2 Å². The van der Waals surface area contributed by atoms with Crippen molar-refractivity contribution >= 4 is 70.0 Å². The van der Waals surface area contributed by atoms with E-state index in [-0.39, 0.29) is 17.8 Å². The van der Waals surface area contributed by atoms with Gasteiger partial charge in [-0.25, -0.2) is 4.39 Å². The Labute approximate surface area is 216 Å². The van der Waals surface area contributed by atoms with E-state index < -0.39 is 27.4 Å². The van der Waals surface area contributed by atoms with Crippen LogP contribution in [-0.2, 0) is 4.79 Å². The van der Waals surface area contributed by atoms with Gasteiger partial charge in [-0.05, 0) is 48.0 Å². The number of aldehydes is 1. The van der Waals surface area contributed by atoms with Crippen molar-refractivity contribution in [2.45, 2.75) is 10.3 Å². The number of benzene rings is 3. The number of rotatable bonds is 7. The van der Waals surface area contributed by atoms with Gasteiger partial charge in [0.2, 0.25) is 0 Å². The van der Waals surface area contributed by atoms with E-state index in [0.29, 0.717) is 27.6 Å². The molecule has 4 nitrogen and oxygen atoms in total. The lowest BCUT2D eigenvalue weighted by atomic mass is 10.00. The van der Waals surface area contributed by atoms with Gasteiger partial charge < -0.3 is 15.0 Å². The van der Waals surface area contributed by atoms with Gasteiger partial charge >= 0.3 is 0 Å².